The van der Waals surface area contributed by atoms with Crippen LogP contribution in [0.2, 0.25) is 0 Å². The van der Waals surface area contributed by atoms with E-state index in [-0.39, 0.29) is 0 Å². The van der Waals surface area contributed by atoms with Gasteiger partial charge in [0.25, 0.3) is 0 Å². The van der Waals surface area contributed by atoms with Crippen LogP contribution in [0.3, 0.4) is 0 Å². The molecule has 6 heteroatoms. The minimum atomic E-state index is 0.382. The van der Waals surface area contributed by atoms with Gasteiger partial charge in [-0.05, 0) is 25.0 Å². The van der Waals surface area contributed by atoms with Gasteiger partial charge in [-0.2, -0.15) is 5.26 Å². The molecule has 0 saturated carbocycles. The molecule has 0 atom stereocenters. The Bertz CT molecular complexity index is 742. The number of aromatic nitrogens is 1. The Labute approximate surface area is 148 Å². The number of nitrogens with one attached hydrogen (secondary N) is 1. The van der Waals surface area contributed by atoms with Crippen molar-refractivity contribution >= 4 is 11.5 Å². The maximum absolute atomic E-state index is 8.99. The molecule has 0 spiro atoms. The van der Waals surface area contributed by atoms with Crippen LogP contribution in [-0.2, 0) is 0 Å². The first-order chi connectivity index (χ1) is 12.2. The Morgan fingerprint density at radius 2 is 1.80 bits per heavy atom. The maximum atomic E-state index is 8.99. The molecule has 0 aliphatic carbocycles. The zero-order chi connectivity index (χ0) is 17.6. The van der Waals surface area contributed by atoms with E-state index in [9.17, 15) is 0 Å². The summed E-state index contributed by atoms with van der Waals surface area (Å²) in [7, 11) is 3.30. The minimum absolute atomic E-state index is 0.382. The number of pyridine rings is 1. The normalized spacial score (nSPS) is 14.7. The Kier molecular flexibility index (Phi) is 5.24. The van der Waals surface area contributed by atoms with E-state index in [1.54, 1.807) is 20.3 Å². The Hall–Kier alpha value is -2.94. The van der Waals surface area contributed by atoms with E-state index in [1.807, 2.05) is 30.3 Å². The summed E-state index contributed by atoms with van der Waals surface area (Å²) in [6, 6.07) is 13.9. The van der Waals surface area contributed by atoms with Crippen molar-refractivity contribution in [3.05, 3.63) is 42.1 Å². The van der Waals surface area contributed by atoms with Crippen molar-refractivity contribution in [2.45, 2.75) is 18.9 Å². The molecule has 1 fully saturated rings. The summed E-state index contributed by atoms with van der Waals surface area (Å²) in [5.41, 5.74) is 1.46. The average Bonchev–Trinajstić information content (AvgIpc) is 2.68. The summed E-state index contributed by atoms with van der Waals surface area (Å²) in [6.07, 6.45) is 2.00. The van der Waals surface area contributed by atoms with Gasteiger partial charge in [-0.1, -0.05) is 6.07 Å². The van der Waals surface area contributed by atoms with Gasteiger partial charge < -0.3 is 19.7 Å². The van der Waals surface area contributed by atoms with Crippen LogP contribution < -0.4 is 19.7 Å². The summed E-state index contributed by atoms with van der Waals surface area (Å²) < 4.78 is 10.6. The highest BCUT2D eigenvalue weighted by molar-refractivity contribution is 5.54. The highest BCUT2D eigenvalue weighted by Gasteiger charge is 2.20. The molecular formula is C19H22N4O2. The van der Waals surface area contributed by atoms with Gasteiger partial charge in [0.15, 0.2) is 0 Å². The molecule has 25 heavy (non-hydrogen) atoms. The number of benzene rings is 1. The fourth-order valence-electron chi connectivity index (χ4n) is 3.04. The molecule has 1 aromatic carbocycles. The lowest BCUT2D eigenvalue weighted by atomic mass is 10.0. The van der Waals surface area contributed by atoms with E-state index in [0.717, 1.165) is 48.9 Å². The fourth-order valence-corrected chi connectivity index (χ4v) is 3.04. The summed E-state index contributed by atoms with van der Waals surface area (Å²) in [5, 5.41) is 12.6. The molecule has 0 amide bonds. The zero-order valence-electron chi connectivity index (χ0n) is 14.5. The SMILES string of the molecule is COc1cc(NC2CCN(c3cccc(C#N)n3)CC2)cc(OC)c1. The Morgan fingerprint density at radius 1 is 1.12 bits per heavy atom. The van der Waals surface area contributed by atoms with Gasteiger partial charge in [0.1, 0.15) is 29.1 Å². The van der Waals surface area contributed by atoms with Crippen molar-refractivity contribution in [1.82, 2.24) is 4.98 Å². The van der Waals surface area contributed by atoms with Crippen LogP contribution >= 0.6 is 0 Å². The molecule has 0 bridgehead atoms. The van der Waals surface area contributed by atoms with E-state index >= 15 is 0 Å². The van der Waals surface area contributed by atoms with Gasteiger partial charge in [-0.15, -0.1) is 0 Å². The van der Waals surface area contributed by atoms with Crippen LogP contribution in [0.25, 0.3) is 0 Å². The zero-order valence-corrected chi connectivity index (χ0v) is 14.5. The second kappa shape index (κ2) is 7.75. The van der Waals surface area contributed by atoms with Crippen LogP contribution in [0.1, 0.15) is 18.5 Å². The summed E-state index contributed by atoms with van der Waals surface area (Å²) in [5.74, 6) is 2.43. The van der Waals surface area contributed by atoms with Crippen molar-refractivity contribution in [1.29, 1.82) is 5.26 Å². The third kappa shape index (κ3) is 4.13. The largest absolute Gasteiger partial charge is 0.497 e. The molecule has 0 unspecified atom stereocenters. The third-order valence-electron chi connectivity index (χ3n) is 4.39. The highest BCUT2D eigenvalue weighted by atomic mass is 16.5. The number of piperidine rings is 1. The van der Waals surface area contributed by atoms with Crippen LogP contribution in [-0.4, -0.2) is 38.3 Å². The molecule has 130 valence electrons. The molecule has 1 aromatic heterocycles. The summed E-state index contributed by atoms with van der Waals surface area (Å²) in [4.78, 5) is 6.61. The number of hydrogen-bond acceptors (Lipinski definition) is 6. The number of anilines is 2. The van der Waals surface area contributed by atoms with Gasteiger partial charge >= 0.3 is 0 Å². The molecular weight excluding hydrogens is 316 g/mol. The average molecular weight is 338 g/mol. The van der Waals surface area contributed by atoms with E-state index in [1.165, 1.54) is 0 Å². The second-order valence-electron chi connectivity index (χ2n) is 6.00. The van der Waals surface area contributed by atoms with Crippen LogP contribution in [0, 0.1) is 11.3 Å². The van der Waals surface area contributed by atoms with Crippen LogP contribution in [0.15, 0.2) is 36.4 Å². The first-order valence-electron chi connectivity index (χ1n) is 8.33. The molecule has 1 N–H and O–H groups in total. The van der Waals surface area contributed by atoms with Crippen molar-refractivity contribution in [3.8, 4) is 17.6 Å². The summed E-state index contributed by atoms with van der Waals surface area (Å²) in [6.45, 7) is 1.81. The van der Waals surface area contributed by atoms with Gasteiger partial charge in [0.2, 0.25) is 0 Å². The smallest absolute Gasteiger partial charge is 0.142 e. The maximum Gasteiger partial charge on any atom is 0.142 e. The van der Waals surface area contributed by atoms with Crippen molar-refractivity contribution in [3.63, 3.8) is 0 Å². The third-order valence-corrected chi connectivity index (χ3v) is 4.39. The minimum Gasteiger partial charge on any atom is -0.497 e. The lowest BCUT2D eigenvalue weighted by Crippen LogP contribution is -2.39. The monoisotopic (exact) mass is 338 g/mol. The van der Waals surface area contributed by atoms with Crippen LogP contribution in [0.5, 0.6) is 11.5 Å². The topological polar surface area (TPSA) is 70.4 Å². The van der Waals surface area contributed by atoms with Gasteiger partial charge in [0.05, 0.1) is 14.2 Å². The van der Waals surface area contributed by atoms with E-state index in [4.69, 9.17) is 14.7 Å². The number of nitrogens with zero attached hydrogens (tertiary/aromatic N) is 3. The fraction of sp³-hybridized carbons (Fsp3) is 0.368. The molecule has 0 radical (unpaired) electrons. The molecule has 1 aliphatic heterocycles. The lowest BCUT2D eigenvalue weighted by molar-refractivity contribution is 0.394. The van der Waals surface area contributed by atoms with Gasteiger partial charge in [-0.25, -0.2) is 4.98 Å². The molecule has 2 heterocycles. The highest BCUT2D eigenvalue weighted by Crippen LogP contribution is 2.28. The number of hydrogen-bond donors (Lipinski definition) is 1. The first-order valence-corrected chi connectivity index (χ1v) is 8.33. The van der Waals surface area contributed by atoms with Gasteiger partial charge in [-0.3, -0.25) is 0 Å². The van der Waals surface area contributed by atoms with E-state index in [2.05, 4.69) is 21.3 Å². The van der Waals surface area contributed by atoms with Crippen molar-refractivity contribution in [2.75, 3.05) is 37.5 Å². The Balaban J connectivity index is 1.62. The first kappa shape index (κ1) is 16.9. The van der Waals surface area contributed by atoms with Crippen molar-refractivity contribution < 1.29 is 9.47 Å². The molecule has 2 aromatic rings. The standard InChI is InChI=1S/C19H22N4O2/c1-24-17-10-16(11-18(12-17)25-2)21-14-6-8-23(9-7-14)19-5-3-4-15(13-20)22-19/h3-5,10-12,14,21H,6-9H2,1-2H3. The number of rotatable bonds is 5. The molecule has 1 saturated heterocycles. The molecule has 3 rings (SSSR count). The quantitative estimate of drug-likeness (QED) is 0.903. The second-order valence-corrected chi connectivity index (χ2v) is 6.00. The number of ether oxygens (including phenoxy) is 2. The van der Waals surface area contributed by atoms with Gasteiger partial charge in [0, 0.05) is 43.0 Å². The predicted octanol–water partition coefficient (Wildman–Crippen LogP) is 3.05. The number of nitriles is 1. The molecule has 1 aliphatic rings. The molecule has 6 nitrogen and oxygen atoms in total. The Morgan fingerprint density at radius 3 is 2.40 bits per heavy atom. The van der Waals surface area contributed by atoms with Crippen molar-refractivity contribution in [2.24, 2.45) is 0 Å². The predicted molar refractivity (Wildman–Crippen MR) is 97.4 cm³/mol. The van der Waals surface area contributed by atoms with E-state index in [0.29, 0.717) is 11.7 Å². The van der Waals surface area contributed by atoms with Crippen LogP contribution in [0.4, 0.5) is 11.5 Å². The lowest BCUT2D eigenvalue weighted by Gasteiger charge is -2.33. The summed E-state index contributed by atoms with van der Waals surface area (Å²) >= 11 is 0. The van der Waals surface area contributed by atoms with E-state index < -0.39 is 0 Å². The number of methoxy groups -OCH3 is 2.